The van der Waals surface area contributed by atoms with Gasteiger partial charge < -0.3 is 9.72 Å². The topological polar surface area (TPSA) is 72.0 Å². The maximum Gasteiger partial charge on any atom is 0.348 e. The van der Waals surface area contributed by atoms with Gasteiger partial charge in [-0.15, -0.1) is 11.3 Å². The molecule has 26 heavy (non-hydrogen) atoms. The SMILES string of the molecule is CCOC(=O)c1sc2nc(/C=C/c3c(F)cccc3F)[nH]c(=O)c2c1C. The molecule has 2 aromatic heterocycles. The minimum Gasteiger partial charge on any atom is -0.462 e. The number of aromatic amines is 1. The second kappa shape index (κ2) is 7.17. The van der Waals surface area contributed by atoms with Crippen molar-refractivity contribution in [3.05, 3.63) is 62.0 Å². The minimum absolute atomic E-state index is 0.127. The van der Waals surface area contributed by atoms with E-state index in [9.17, 15) is 18.4 Å². The van der Waals surface area contributed by atoms with Crippen molar-refractivity contribution in [2.24, 2.45) is 0 Å². The van der Waals surface area contributed by atoms with Crippen LogP contribution >= 0.6 is 11.3 Å². The van der Waals surface area contributed by atoms with E-state index in [2.05, 4.69) is 9.97 Å². The van der Waals surface area contributed by atoms with Crippen molar-refractivity contribution in [1.82, 2.24) is 9.97 Å². The maximum absolute atomic E-state index is 13.7. The highest BCUT2D eigenvalue weighted by atomic mass is 32.1. The summed E-state index contributed by atoms with van der Waals surface area (Å²) in [6, 6.07) is 3.53. The van der Waals surface area contributed by atoms with Crippen LogP contribution in [0.5, 0.6) is 0 Å². The van der Waals surface area contributed by atoms with E-state index in [1.807, 2.05) is 0 Å². The molecule has 1 N–H and O–H groups in total. The van der Waals surface area contributed by atoms with Gasteiger partial charge >= 0.3 is 5.97 Å². The van der Waals surface area contributed by atoms with Gasteiger partial charge in [-0.05, 0) is 43.7 Å². The molecule has 0 aliphatic rings. The first kappa shape index (κ1) is 17.9. The van der Waals surface area contributed by atoms with Crippen LogP contribution in [0.1, 0.15) is 33.5 Å². The summed E-state index contributed by atoms with van der Waals surface area (Å²) in [7, 11) is 0. The van der Waals surface area contributed by atoms with Crippen molar-refractivity contribution in [1.29, 1.82) is 0 Å². The monoisotopic (exact) mass is 376 g/mol. The number of ether oxygens (including phenoxy) is 1. The van der Waals surface area contributed by atoms with E-state index >= 15 is 0 Å². The lowest BCUT2D eigenvalue weighted by Crippen LogP contribution is -2.10. The fourth-order valence-corrected chi connectivity index (χ4v) is 3.55. The largest absolute Gasteiger partial charge is 0.462 e. The van der Waals surface area contributed by atoms with Gasteiger partial charge in [0.15, 0.2) is 0 Å². The lowest BCUT2D eigenvalue weighted by Gasteiger charge is -1.99. The first-order valence-electron chi connectivity index (χ1n) is 7.75. The van der Waals surface area contributed by atoms with E-state index in [4.69, 9.17) is 4.74 Å². The number of thiophene rings is 1. The second-order valence-electron chi connectivity index (χ2n) is 5.38. The van der Waals surface area contributed by atoms with Crippen LogP contribution in [0.15, 0.2) is 23.0 Å². The summed E-state index contributed by atoms with van der Waals surface area (Å²) >= 11 is 1.04. The Hall–Kier alpha value is -2.87. The van der Waals surface area contributed by atoms with Crippen LogP contribution in [0.25, 0.3) is 22.4 Å². The molecular weight excluding hydrogens is 362 g/mol. The first-order chi connectivity index (χ1) is 12.4. The zero-order valence-electron chi connectivity index (χ0n) is 13.9. The Morgan fingerprint density at radius 3 is 2.65 bits per heavy atom. The van der Waals surface area contributed by atoms with Gasteiger partial charge in [-0.1, -0.05) is 6.07 Å². The van der Waals surface area contributed by atoms with E-state index in [1.54, 1.807) is 13.8 Å². The van der Waals surface area contributed by atoms with Crippen LogP contribution in [-0.2, 0) is 4.74 Å². The number of fused-ring (bicyclic) bond motifs is 1. The van der Waals surface area contributed by atoms with Crippen molar-refractivity contribution in [2.45, 2.75) is 13.8 Å². The van der Waals surface area contributed by atoms with Crippen LogP contribution in [0, 0.1) is 18.6 Å². The number of hydrogen-bond donors (Lipinski definition) is 1. The Balaban J connectivity index is 2.05. The number of H-pyrrole nitrogens is 1. The Morgan fingerprint density at radius 2 is 2.00 bits per heavy atom. The average Bonchev–Trinajstić information content (AvgIpc) is 2.92. The molecule has 0 fully saturated rings. The quantitative estimate of drug-likeness (QED) is 0.701. The smallest absolute Gasteiger partial charge is 0.348 e. The molecule has 8 heteroatoms. The van der Waals surface area contributed by atoms with Gasteiger partial charge in [0.05, 0.1) is 12.0 Å². The first-order valence-corrected chi connectivity index (χ1v) is 8.56. The summed E-state index contributed by atoms with van der Waals surface area (Å²) in [5.41, 5.74) is -0.175. The number of halogens is 2. The van der Waals surface area contributed by atoms with Gasteiger partial charge in [0, 0.05) is 5.56 Å². The van der Waals surface area contributed by atoms with Crippen molar-refractivity contribution in [3.8, 4) is 0 Å². The Kier molecular flexibility index (Phi) is 4.94. The van der Waals surface area contributed by atoms with Gasteiger partial charge in [0.1, 0.15) is 27.2 Å². The molecule has 5 nitrogen and oxygen atoms in total. The molecule has 0 unspecified atom stereocenters. The molecule has 2 heterocycles. The molecular formula is C18H14F2N2O3S. The predicted octanol–water partition coefficient (Wildman–Crippen LogP) is 3.92. The molecule has 0 saturated heterocycles. The Morgan fingerprint density at radius 1 is 1.31 bits per heavy atom. The molecule has 3 aromatic rings. The van der Waals surface area contributed by atoms with Gasteiger partial charge in [0.25, 0.3) is 5.56 Å². The van der Waals surface area contributed by atoms with Crippen molar-refractivity contribution < 1.29 is 18.3 Å². The number of nitrogens with one attached hydrogen (secondary N) is 1. The van der Waals surface area contributed by atoms with Crippen LogP contribution < -0.4 is 5.56 Å². The van der Waals surface area contributed by atoms with Crippen LogP contribution in [0.4, 0.5) is 8.78 Å². The number of carbonyl (C=O) groups excluding carboxylic acids is 1. The molecule has 0 radical (unpaired) electrons. The number of aryl methyl sites for hydroxylation is 1. The van der Waals surface area contributed by atoms with Crippen molar-refractivity contribution >= 4 is 39.7 Å². The van der Waals surface area contributed by atoms with Crippen LogP contribution in [-0.4, -0.2) is 22.5 Å². The molecule has 134 valence electrons. The Bertz CT molecular complexity index is 1070. The fourth-order valence-electron chi connectivity index (χ4n) is 2.46. The molecule has 3 rings (SSSR count). The normalized spacial score (nSPS) is 11.4. The van der Waals surface area contributed by atoms with Crippen LogP contribution in [0.2, 0.25) is 0 Å². The zero-order chi connectivity index (χ0) is 18.8. The number of esters is 1. The van der Waals surface area contributed by atoms with Gasteiger partial charge in [-0.2, -0.15) is 0 Å². The van der Waals surface area contributed by atoms with E-state index in [0.717, 1.165) is 23.5 Å². The molecule has 0 aliphatic heterocycles. The van der Waals surface area contributed by atoms with Crippen LogP contribution in [0.3, 0.4) is 0 Å². The van der Waals surface area contributed by atoms with Crippen molar-refractivity contribution in [2.75, 3.05) is 6.61 Å². The molecule has 0 saturated carbocycles. The number of carbonyl (C=O) groups is 1. The third-order valence-electron chi connectivity index (χ3n) is 3.69. The second-order valence-corrected chi connectivity index (χ2v) is 6.38. The molecule has 1 aromatic carbocycles. The Labute approximate surface area is 151 Å². The van der Waals surface area contributed by atoms with Gasteiger partial charge in [-0.25, -0.2) is 18.6 Å². The van der Waals surface area contributed by atoms with E-state index in [0.29, 0.717) is 20.7 Å². The summed E-state index contributed by atoms with van der Waals surface area (Å²) in [6.45, 7) is 3.56. The summed E-state index contributed by atoms with van der Waals surface area (Å²) < 4.78 is 32.3. The third kappa shape index (κ3) is 3.28. The maximum atomic E-state index is 13.7. The average molecular weight is 376 g/mol. The number of nitrogens with zero attached hydrogens (tertiary/aromatic N) is 1. The summed E-state index contributed by atoms with van der Waals surface area (Å²) in [5, 5.41) is 0.298. The summed E-state index contributed by atoms with van der Waals surface area (Å²) in [6.07, 6.45) is 2.50. The van der Waals surface area contributed by atoms with E-state index < -0.39 is 23.2 Å². The molecule has 0 amide bonds. The molecule has 0 atom stereocenters. The summed E-state index contributed by atoms with van der Waals surface area (Å²) in [5.74, 6) is -1.83. The lowest BCUT2D eigenvalue weighted by atomic mass is 10.2. The standard InChI is InChI=1S/C18H14F2N2O3S/c1-3-25-18(24)15-9(2)14-16(23)21-13(22-17(14)26-15)8-7-10-11(19)5-4-6-12(10)20/h4-8H,3H2,1-2H3,(H,21,22,23)/b8-7+. The highest BCUT2D eigenvalue weighted by Crippen LogP contribution is 2.27. The summed E-state index contributed by atoms with van der Waals surface area (Å²) in [4.78, 5) is 31.8. The molecule has 0 spiro atoms. The highest BCUT2D eigenvalue weighted by Gasteiger charge is 2.19. The highest BCUT2D eigenvalue weighted by molar-refractivity contribution is 7.20. The molecule has 0 bridgehead atoms. The zero-order valence-corrected chi connectivity index (χ0v) is 14.7. The minimum atomic E-state index is -0.721. The number of rotatable bonds is 4. The van der Waals surface area contributed by atoms with E-state index in [1.165, 1.54) is 18.2 Å². The number of aromatic nitrogens is 2. The predicted molar refractivity (Wildman–Crippen MR) is 96.2 cm³/mol. The molecule has 0 aliphatic carbocycles. The van der Waals surface area contributed by atoms with E-state index in [-0.39, 0.29) is 18.0 Å². The fraction of sp³-hybridized carbons (Fsp3) is 0.167. The lowest BCUT2D eigenvalue weighted by molar-refractivity contribution is 0.0531. The number of hydrogen-bond acceptors (Lipinski definition) is 5. The number of benzene rings is 1. The van der Waals surface area contributed by atoms with Gasteiger partial charge in [0.2, 0.25) is 0 Å². The third-order valence-corrected chi connectivity index (χ3v) is 4.85. The van der Waals surface area contributed by atoms with Gasteiger partial charge in [-0.3, -0.25) is 4.79 Å². The van der Waals surface area contributed by atoms with Crippen molar-refractivity contribution in [3.63, 3.8) is 0 Å².